The number of halogens is 1. The molecule has 0 radical (unpaired) electrons. The Bertz CT molecular complexity index is 554. The number of aromatic nitrogens is 2. The molecule has 2 aromatic rings. The van der Waals surface area contributed by atoms with Gasteiger partial charge in [-0.2, -0.15) is 0 Å². The first-order valence-corrected chi connectivity index (χ1v) is 5.33. The lowest BCUT2D eigenvalue weighted by atomic mass is 9.92. The fourth-order valence-electron chi connectivity index (χ4n) is 1.60. The van der Waals surface area contributed by atoms with E-state index in [1.54, 1.807) is 22.7 Å². The van der Waals surface area contributed by atoms with Crippen LogP contribution >= 0.6 is 11.6 Å². The van der Waals surface area contributed by atoms with Crippen molar-refractivity contribution in [2.24, 2.45) is 5.18 Å². The smallest absolute Gasteiger partial charge is 0.205 e. The Kier molecular flexibility index (Phi) is 2.46. The van der Waals surface area contributed by atoms with Gasteiger partial charge in [-0.3, -0.25) is 4.40 Å². The zero-order chi connectivity index (χ0) is 11.9. The average molecular weight is 238 g/mol. The Balaban J connectivity index is 2.81. The normalized spacial score (nSPS) is 12.0. The van der Waals surface area contributed by atoms with Gasteiger partial charge in [0.25, 0.3) is 0 Å². The molecule has 0 fully saturated rings. The van der Waals surface area contributed by atoms with Crippen LogP contribution in [0.2, 0.25) is 5.02 Å². The van der Waals surface area contributed by atoms with Gasteiger partial charge in [0, 0.05) is 22.7 Å². The first-order valence-electron chi connectivity index (χ1n) is 4.95. The number of nitroso groups, excluding NO2 is 1. The summed E-state index contributed by atoms with van der Waals surface area (Å²) in [6, 6.07) is 3.42. The highest BCUT2D eigenvalue weighted by molar-refractivity contribution is 6.30. The maximum Gasteiger partial charge on any atom is 0.205 e. The largest absolute Gasteiger partial charge is 0.281 e. The molecule has 0 spiro atoms. The highest BCUT2D eigenvalue weighted by Gasteiger charge is 2.24. The van der Waals surface area contributed by atoms with Gasteiger partial charge >= 0.3 is 0 Å². The second-order valence-electron chi connectivity index (χ2n) is 4.70. The van der Waals surface area contributed by atoms with Gasteiger partial charge in [0.2, 0.25) is 5.82 Å². The van der Waals surface area contributed by atoms with E-state index in [1.807, 2.05) is 20.8 Å². The van der Waals surface area contributed by atoms with Crippen LogP contribution in [-0.2, 0) is 5.41 Å². The zero-order valence-electron chi connectivity index (χ0n) is 9.36. The lowest BCUT2D eigenvalue weighted by molar-refractivity contribution is 0.574. The van der Waals surface area contributed by atoms with Crippen molar-refractivity contribution in [3.8, 4) is 0 Å². The predicted octanol–water partition coefficient (Wildman–Crippen LogP) is 3.68. The first-order chi connectivity index (χ1) is 7.43. The molecule has 16 heavy (non-hydrogen) atoms. The van der Waals surface area contributed by atoms with E-state index in [9.17, 15) is 4.91 Å². The van der Waals surface area contributed by atoms with Crippen LogP contribution in [0.25, 0.3) is 5.65 Å². The lowest BCUT2D eigenvalue weighted by Crippen LogP contribution is -2.11. The molecule has 0 amide bonds. The topological polar surface area (TPSA) is 46.7 Å². The summed E-state index contributed by atoms with van der Waals surface area (Å²) < 4.78 is 1.65. The van der Waals surface area contributed by atoms with E-state index in [1.165, 1.54) is 0 Å². The Labute approximate surface area is 98.2 Å². The number of rotatable bonds is 1. The summed E-state index contributed by atoms with van der Waals surface area (Å²) in [5.74, 6) is 0.346. The van der Waals surface area contributed by atoms with Crippen molar-refractivity contribution in [2.45, 2.75) is 26.2 Å². The lowest BCUT2D eigenvalue weighted by Gasteiger charge is -2.14. The van der Waals surface area contributed by atoms with Crippen LogP contribution in [0.1, 0.15) is 26.5 Å². The maximum absolute atomic E-state index is 10.9. The fourth-order valence-corrected chi connectivity index (χ4v) is 1.75. The number of fused-ring (bicyclic) bond motifs is 1. The summed E-state index contributed by atoms with van der Waals surface area (Å²) >= 11 is 5.88. The monoisotopic (exact) mass is 237 g/mol. The van der Waals surface area contributed by atoms with Crippen LogP contribution in [0, 0.1) is 4.91 Å². The summed E-state index contributed by atoms with van der Waals surface area (Å²) in [6.45, 7) is 5.97. The molecule has 0 saturated carbocycles. The third kappa shape index (κ3) is 1.69. The third-order valence-corrected chi connectivity index (χ3v) is 2.59. The van der Waals surface area contributed by atoms with E-state index in [0.29, 0.717) is 22.2 Å². The summed E-state index contributed by atoms with van der Waals surface area (Å²) in [5.41, 5.74) is 1.11. The number of imidazole rings is 1. The Morgan fingerprint density at radius 3 is 2.69 bits per heavy atom. The van der Waals surface area contributed by atoms with E-state index < -0.39 is 0 Å². The minimum Gasteiger partial charge on any atom is -0.281 e. The number of pyridine rings is 1. The van der Waals surface area contributed by atoms with Crippen molar-refractivity contribution in [1.82, 2.24) is 9.38 Å². The molecule has 0 N–H and O–H groups in total. The van der Waals surface area contributed by atoms with Crippen molar-refractivity contribution in [1.29, 1.82) is 0 Å². The summed E-state index contributed by atoms with van der Waals surface area (Å²) in [7, 11) is 0. The zero-order valence-corrected chi connectivity index (χ0v) is 10.1. The molecule has 0 aliphatic rings. The van der Waals surface area contributed by atoms with Crippen LogP contribution < -0.4 is 0 Å². The first kappa shape index (κ1) is 11.1. The van der Waals surface area contributed by atoms with Gasteiger partial charge in [-0.1, -0.05) is 32.4 Å². The van der Waals surface area contributed by atoms with Gasteiger partial charge in [-0.15, -0.1) is 4.91 Å². The fraction of sp³-hybridized carbons (Fsp3) is 0.364. The van der Waals surface area contributed by atoms with Crippen LogP contribution in [0.3, 0.4) is 0 Å². The van der Waals surface area contributed by atoms with E-state index in [-0.39, 0.29) is 5.41 Å². The molecule has 0 atom stereocenters. The Hall–Kier alpha value is -1.42. The van der Waals surface area contributed by atoms with Crippen molar-refractivity contribution >= 4 is 23.1 Å². The molecular weight excluding hydrogens is 226 g/mol. The summed E-state index contributed by atoms with van der Waals surface area (Å²) in [6.07, 6.45) is 1.70. The maximum atomic E-state index is 10.9. The summed E-state index contributed by atoms with van der Waals surface area (Å²) in [5, 5.41) is 3.66. The minimum atomic E-state index is -0.220. The third-order valence-electron chi connectivity index (χ3n) is 2.36. The quantitative estimate of drug-likeness (QED) is 0.711. The van der Waals surface area contributed by atoms with Gasteiger partial charge < -0.3 is 0 Å². The predicted molar refractivity (Wildman–Crippen MR) is 64.4 cm³/mol. The highest BCUT2D eigenvalue weighted by Crippen LogP contribution is 2.32. The molecule has 0 aromatic carbocycles. The number of nitrogens with zero attached hydrogens (tertiary/aromatic N) is 3. The van der Waals surface area contributed by atoms with Gasteiger partial charge in [-0.25, -0.2) is 4.98 Å². The van der Waals surface area contributed by atoms with Gasteiger partial charge in [0.05, 0.1) is 5.69 Å². The molecule has 84 valence electrons. The van der Waals surface area contributed by atoms with E-state index in [0.717, 1.165) is 0 Å². The van der Waals surface area contributed by atoms with Gasteiger partial charge in [0.15, 0.2) is 0 Å². The molecular formula is C11H12ClN3O. The molecule has 2 aromatic heterocycles. The van der Waals surface area contributed by atoms with Gasteiger partial charge in [0.1, 0.15) is 5.65 Å². The highest BCUT2D eigenvalue weighted by atomic mass is 35.5. The van der Waals surface area contributed by atoms with Crippen LogP contribution in [0.5, 0.6) is 0 Å². The molecule has 4 nitrogen and oxygen atoms in total. The van der Waals surface area contributed by atoms with E-state index in [2.05, 4.69) is 10.2 Å². The molecule has 0 unspecified atom stereocenters. The molecule has 0 aliphatic carbocycles. The van der Waals surface area contributed by atoms with E-state index >= 15 is 0 Å². The van der Waals surface area contributed by atoms with Crippen LogP contribution in [0.15, 0.2) is 23.5 Å². The molecule has 5 heteroatoms. The van der Waals surface area contributed by atoms with Crippen LogP contribution in [0.4, 0.5) is 5.82 Å². The summed E-state index contributed by atoms with van der Waals surface area (Å²) in [4.78, 5) is 15.3. The van der Waals surface area contributed by atoms with E-state index in [4.69, 9.17) is 11.6 Å². The van der Waals surface area contributed by atoms with Crippen molar-refractivity contribution < 1.29 is 0 Å². The van der Waals surface area contributed by atoms with Crippen molar-refractivity contribution in [3.63, 3.8) is 0 Å². The SMILES string of the molecule is CC(C)(C)c1nc2cc(Cl)ccn2c1N=O. The molecule has 0 saturated heterocycles. The van der Waals surface area contributed by atoms with Gasteiger partial charge in [-0.05, 0) is 11.2 Å². The molecule has 2 rings (SSSR count). The minimum absolute atomic E-state index is 0.220. The van der Waals surface area contributed by atoms with Crippen LogP contribution in [-0.4, -0.2) is 9.38 Å². The number of hydrogen-bond donors (Lipinski definition) is 0. The molecule has 0 bridgehead atoms. The number of hydrogen-bond acceptors (Lipinski definition) is 3. The van der Waals surface area contributed by atoms with Crippen molar-refractivity contribution in [2.75, 3.05) is 0 Å². The van der Waals surface area contributed by atoms with Crippen molar-refractivity contribution in [3.05, 3.63) is 34.0 Å². The standard InChI is InChI=1S/C11H12ClN3O/c1-11(2,3)9-10(14-16)15-5-4-7(12)6-8(15)13-9/h4-6H,1-3H3. The molecule has 2 heterocycles. The molecule has 0 aliphatic heterocycles. The second-order valence-corrected chi connectivity index (χ2v) is 5.13. The Morgan fingerprint density at radius 1 is 1.44 bits per heavy atom. The Morgan fingerprint density at radius 2 is 2.12 bits per heavy atom. The average Bonchev–Trinajstić information content (AvgIpc) is 2.54. The second kappa shape index (κ2) is 3.56.